The Labute approximate surface area is 120 Å². The lowest BCUT2D eigenvalue weighted by atomic mass is 10.1. The Morgan fingerprint density at radius 3 is 2.63 bits per heavy atom. The monoisotopic (exact) mass is 307 g/mol. The number of halogens is 1. The predicted octanol–water partition coefficient (Wildman–Crippen LogP) is 2.14. The molecule has 0 aliphatic rings. The maximum absolute atomic E-state index is 12.2. The van der Waals surface area contributed by atoms with Crippen molar-refractivity contribution in [2.45, 2.75) is 51.7 Å². The van der Waals surface area contributed by atoms with E-state index in [1.807, 2.05) is 18.4 Å². The Bertz CT molecular complexity index is 513. The van der Waals surface area contributed by atoms with Crippen LogP contribution in [-0.4, -0.2) is 29.9 Å². The average molecular weight is 308 g/mol. The maximum atomic E-state index is 12.2. The molecule has 19 heavy (non-hydrogen) atoms. The van der Waals surface area contributed by atoms with Gasteiger partial charge in [-0.25, -0.2) is 18.1 Å². The second-order valence-corrected chi connectivity index (χ2v) is 6.83. The lowest BCUT2D eigenvalue weighted by molar-refractivity contribution is 0.479. The van der Waals surface area contributed by atoms with Gasteiger partial charge in [0.25, 0.3) is 10.0 Å². The van der Waals surface area contributed by atoms with Gasteiger partial charge in [-0.05, 0) is 26.2 Å². The van der Waals surface area contributed by atoms with Gasteiger partial charge in [0, 0.05) is 24.7 Å². The van der Waals surface area contributed by atoms with Crippen molar-refractivity contribution >= 4 is 21.6 Å². The van der Waals surface area contributed by atoms with Gasteiger partial charge >= 0.3 is 0 Å². The highest BCUT2D eigenvalue weighted by atomic mass is 35.5. The highest BCUT2D eigenvalue weighted by Crippen LogP contribution is 2.13. The van der Waals surface area contributed by atoms with Crippen molar-refractivity contribution in [3.05, 3.63) is 12.0 Å². The van der Waals surface area contributed by atoms with Crippen LogP contribution >= 0.6 is 11.6 Å². The normalized spacial score (nSPS) is 15.4. The molecule has 0 spiro atoms. The molecule has 0 fully saturated rings. The van der Waals surface area contributed by atoms with Gasteiger partial charge in [-0.1, -0.05) is 13.8 Å². The minimum absolute atomic E-state index is 0.0651. The number of aromatic nitrogens is 2. The summed E-state index contributed by atoms with van der Waals surface area (Å²) in [6.07, 6.45) is 2.52. The largest absolute Gasteiger partial charge is 0.334 e. The maximum Gasteiger partial charge on any atom is 0.259 e. The van der Waals surface area contributed by atoms with Crippen molar-refractivity contribution in [2.75, 3.05) is 5.88 Å². The zero-order valence-corrected chi connectivity index (χ0v) is 13.4. The van der Waals surface area contributed by atoms with Crippen LogP contribution < -0.4 is 4.72 Å². The van der Waals surface area contributed by atoms with Gasteiger partial charge in [0.05, 0.1) is 0 Å². The van der Waals surface area contributed by atoms with E-state index in [-0.39, 0.29) is 17.0 Å². The second-order valence-electron chi connectivity index (χ2n) is 4.86. The molecular weight excluding hydrogens is 286 g/mol. The number of alkyl halides is 1. The van der Waals surface area contributed by atoms with E-state index < -0.39 is 10.0 Å². The lowest BCUT2D eigenvalue weighted by Gasteiger charge is -2.18. The highest BCUT2D eigenvalue weighted by Gasteiger charge is 2.23. The molecular formula is C12H22ClN3O2S. The molecule has 5 nitrogen and oxygen atoms in total. The molecule has 2 atom stereocenters. The first kappa shape index (κ1) is 16.5. The first-order valence-electron chi connectivity index (χ1n) is 6.43. The molecule has 0 saturated heterocycles. The van der Waals surface area contributed by atoms with Gasteiger partial charge in [-0.2, -0.15) is 0 Å². The van der Waals surface area contributed by atoms with E-state index in [2.05, 4.69) is 9.71 Å². The van der Waals surface area contributed by atoms with Crippen molar-refractivity contribution in [1.82, 2.24) is 14.3 Å². The van der Waals surface area contributed by atoms with E-state index in [4.69, 9.17) is 11.6 Å². The molecule has 1 heterocycles. The predicted molar refractivity (Wildman–Crippen MR) is 76.9 cm³/mol. The Hall–Kier alpha value is -0.590. The topological polar surface area (TPSA) is 64.0 Å². The number of nitrogens with zero attached hydrogens (tertiary/aromatic N) is 2. The zero-order chi connectivity index (χ0) is 14.6. The highest BCUT2D eigenvalue weighted by molar-refractivity contribution is 7.89. The Morgan fingerprint density at radius 2 is 2.11 bits per heavy atom. The van der Waals surface area contributed by atoms with Gasteiger partial charge in [-0.3, -0.25) is 0 Å². The van der Waals surface area contributed by atoms with Gasteiger partial charge < -0.3 is 4.57 Å². The molecule has 0 saturated carbocycles. The Morgan fingerprint density at radius 1 is 1.47 bits per heavy atom. The number of aryl methyl sites for hydroxylation is 2. The summed E-state index contributed by atoms with van der Waals surface area (Å²) in [4.78, 5) is 4.12. The first-order valence-corrected chi connectivity index (χ1v) is 8.45. The fourth-order valence-corrected chi connectivity index (χ4v) is 3.26. The van der Waals surface area contributed by atoms with Crippen LogP contribution in [0.2, 0.25) is 0 Å². The molecule has 2 unspecified atom stereocenters. The van der Waals surface area contributed by atoms with Gasteiger partial charge in [0.15, 0.2) is 5.03 Å². The summed E-state index contributed by atoms with van der Waals surface area (Å²) in [6, 6.07) is -0.223. The molecule has 7 heteroatoms. The van der Waals surface area contributed by atoms with E-state index >= 15 is 0 Å². The molecule has 1 aromatic heterocycles. The van der Waals surface area contributed by atoms with E-state index in [0.717, 1.165) is 13.0 Å². The first-order chi connectivity index (χ1) is 8.81. The van der Waals surface area contributed by atoms with E-state index in [9.17, 15) is 8.42 Å². The lowest BCUT2D eigenvalue weighted by Crippen LogP contribution is -2.37. The summed E-state index contributed by atoms with van der Waals surface area (Å²) in [5.74, 6) is 1.18. The summed E-state index contributed by atoms with van der Waals surface area (Å²) in [5, 5.41) is 0.0760. The molecule has 0 bridgehead atoms. The Kier molecular flexibility index (Phi) is 5.82. The van der Waals surface area contributed by atoms with Crippen LogP contribution in [0.4, 0.5) is 0 Å². The van der Waals surface area contributed by atoms with E-state index in [1.54, 1.807) is 20.0 Å². The third kappa shape index (κ3) is 4.19. The molecule has 0 aromatic carbocycles. The van der Waals surface area contributed by atoms with Crippen LogP contribution in [0.15, 0.2) is 11.2 Å². The second kappa shape index (κ2) is 6.72. The molecule has 1 aromatic rings. The summed E-state index contributed by atoms with van der Waals surface area (Å²) in [7, 11) is -3.58. The number of hydrogen-bond donors (Lipinski definition) is 1. The van der Waals surface area contributed by atoms with Crippen LogP contribution in [0.3, 0.4) is 0 Å². The minimum Gasteiger partial charge on any atom is -0.334 e. The van der Waals surface area contributed by atoms with Crippen molar-refractivity contribution in [3.8, 4) is 0 Å². The molecule has 1 N–H and O–H groups in total. The minimum atomic E-state index is -3.58. The number of hydrogen-bond acceptors (Lipinski definition) is 3. The van der Waals surface area contributed by atoms with Gasteiger partial charge in [0.2, 0.25) is 0 Å². The number of rotatable bonds is 7. The van der Waals surface area contributed by atoms with Crippen LogP contribution in [-0.2, 0) is 16.6 Å². The number of nitrogens with one attached hydrogen (secondary N) is 1. The van der Waals surface area contributed by atoms with Crippen LogP contribution in [0.25, 0.3) is 0 Å². The molecule has 0 aliphatic carbocycles. The van der Waals surface area contributed by atoms with Crippen molar-refractivity contribution in [3.63, 3.8) is 0 Å². The molecule has 110 valence electrons. The van der Waals surface area contributed by atoms with Crippen LogP contribution in [0.5, 0.6) is 0 Å². The molecule has 0 aliphatic heterocycles. The van der Waals surface area contributed by atoms with Crippen molar-refractivity contribution < 1.29 is 8.42 Å². The zero-order valence-electron chi connectivity index (χ0n) is 11.9. The summed E-state index contributed by atoms with van der Waals surface area (Å²) in [5.41, 5.74) is 0. The molecule has 0 radical (unpaired) electrons. The smallest absolute Gasteiger partial charge is 0.259 e. The van der Waals surface area contributed by atoms with E-state index in [1.165, 1.54) is 0 Å². The van der Waals surface area contributed by atoms with Crippen LogP contribution in [0.1, 0.15) is 33.0 Å². The number of sulfonamides is 1. The SMILES string of the molecule is CCCn1cc(S(=O)(=O)NC(C)C(C)CCl)nc1C. The van der Waals surface area contributed by atoms with Gasteiger partial charge in [0.1, 0.15) is 5.82 Å². The fraction of sp³-hybridized carbons (Fsp3) is 0.750. The van der Waals surface area contributed by atoms with Gasteiger partial charge in [-0.15, -0.1) is 11.6 Å². The fourth-order valence-electron chi connectivity index (χ4n) is 1.63. The van der Waals surface area contributed by atoms with Crippen molar-refractivity contribution in [1.29, 1.82) is 0 Å². The average Bonchev–Trinajstić information content (AvgIpc) is 2.71. The standard InChI is InChI=1S/C12H22ClN3O2S/c1-5-6-16-8-12(14-11(16)4)19(17,18)15-10(3)9(2)7-13/h8-10,15H,5-7H2,1-4H3. The van der Waals surface area contributed by atoms with E-state index in [0.29, 0.717) is 11.7 Å². The number of imidazole rings is 1. The molecule has 1 rings (SSSR count). The summed E-state index contributed by atoms with van der Waals surface area (Å²) >= 11 is 5.74. The van der Waals surface area contributed by atoms with Crippen molar-refractivity contribution in [2.24, 2.45) is 5.92 Å². The summed E-state index contributed by atoms with van der Waals surface area (Å²) < 4.78 is 28.9. The van der Waals surface area contributed by atoms with Crippen LogP contribution in [0, 0.1) is 12.8 Å². The quantitative estimate of drug-likeness (QED) is 0.785. The third-order valence-corrected chi connectivity index (χ3v) is 5.05. The Balaban J connectivity index is 2.91. The third-order valence-electron chi connectivity index (χ3n) is 3.13. The molecule has 0 amide bonds. The summed E-state index contributed by atoms with van der Waals surface area (Å²) in [6.45, 7) is 8.32.